The van der Waals surface area contributed by atoms with Crippen molar-refractivity contribution in [1.82, 2.24) is 4.98 Å². The summed E-state index contributed by atoms with van der Waals surface area (Å²) in [5, 5.41) is 6.58. The van der Waals surface area contributed by atoms with E-state index in [9.17, 15) is 9.59 Å². The van der Waals surface area contributed by atoms with Crippen molar-refractivity contribution in [3.63, 3.8) is 0 Å². The van der Waals surface area contributed by atoms with Crippen LogP contribution in [0.15, 0.2) is 60.9 Å². The number of benzene rings is 2. The molecule has 0 saturated heterocycles. The van der Waals surface area contributed by atoms with E-state index < -0.39 is 11.9 Å². The summed E-state index contributed by atoms with van der Waals surface area (Å²) < 4.78 is 4.75. The molecule has 0 radical (unpaired) electrons. The van der Waals surface area contributed by atoms with Crippen molar-refractivity contribution in [2.75, 3.05) is 17.7 Å². The maximum Gasteiger partial charge on any atom is 0.339 e. The van der Waals surface area contributed by atoms with Crippen LogP contribution in [0.5, 0.6) is 0 Å². The first-order valence-electron chi connectivity index (χ1n) is 8.45. The highest BCUT2D eigenvalue weighted by atomic mass is 35.5. The van der Waals surface area contributed by atoms with Gasteiger partial charge in [0.1, 0.15) is 0 Å². The zero-order chi connectivity index (χ0) is 20.1. The molecule has 0 saturated carbocycles. The Kier molecular flexibility index (Phi) is 5.91. The Morgan fingerprint density at radius 2 is 1.79 bits per heavy atom. The smallest absolute Gasteiger partial charge is 0.339 e. The Morgan fingerprint density at radius 3 is 2.57 bits per heavy atom. The fraction of sp³-hybridized carbons (Fsp3) is 0.0952. The molecule has 0 bridgehead atoms. The molecule has 7 heteroatoms. The Bertz CT molecular complexity index is 1040. The summed E-state index contributed by atoms with van der Waals surface area (Å²) in [5.41, 5.74) is 3.33. The highest BCUT2D eigenvalue weighted by molar-refractivity contribution is 6.31. The fourth-order valence-electron chi connectivity index (χ4n) is 2.61. The number of carbonyl (C=O) groups is 2. The van der Waals surface area contributed by atoms with E-state index in [1.807, 2.05) is 25.1 Å². The van der Waals surface area contributed by atoms with Crippen LogP contribution in [0.1, 0.15) is 26.3 Å². The third-order valence-corrected chi connectivity index (χ3v) is 4.54. The fourth-order valence-corrected chi connectivity index (χ4v) is 2.78. The van der Waals surface area contributed by atoms with Crippen LogP contribution in [-0.4, -0.2) is 24.0 Å². The minimum absolute atomic E-state index is 0.273. The van der Waals surface area contributed by atoms with E-state index in [1.54, 1.807) is 36.5 Å². The van der Waals surface area contributed by atoms with Crippen LogP contribution in [0.3, 0.4) is 0 Å². The Balaban J connectivity index is 1.82. The molecule has 0 atom stereocenters. The number of nitrogens with zero attached hydrogens (tertiary/aromatic N) is 1. The lowest BCUT2D eigenvalue weighted by Gasteiger charge is -2.12. The van der Waals surface area contributed by atoms with Crippen LogP contribution in [0, 0.1) is 6.92 Å². The molecule has 0 fully saturated rings. The summed E-state index contributed by atoms with van der Waals surface area (Å²) in [5.74, 6) is -0.920. The topological polar surface area (TPSA) is 80.3 Å². The Hall–Kier alpha value is -3.38. The molecule has 142 valence electrons. The number of carbonyl (C=O) groups excluding carboxylic acids is 2. The second kappa shape index (κ2) is 8.54. The number of hydrogen-bond donors (Lipinski definition) is 2. The second-order valence-electron chi connectivity index (χ2n) is 5.99. The maximum atomic E-state index is 12.7. The van der Waals surface area contributed by atoms with E-state index in [0.717, 1.165) is 11.3 Å². The monoisotopic (exact) mass is 395 g/mol. The summed E-state index contributed by atoms with van der Waals surface area (Å²) in [7, 11) is 1.29. The zero-order valence-electron chi connectivity index (χ0n) is 15.3. The largest absolute Gasteiger partial charge is 0.465 e. The van der Waals surface area contributed by atoms with Crippen molar-refractivity contribution in [2.45, 2.75) is 6.92 Å². The van der Waals surface area contributed by atoms with Crippen LogP contribution < -0.4 is 10.6 Å². The Labute approximate surface area is 167 Å². The molecular weight excluding hydrogens is 378 g/mol. The molecular formula is C21H18ClN3O3. The number of hydrogen-bond acceptors (Lipinski definition) is 5. The number of nitrogens with one attached hydrogen (secondary N) is 2. The average molecular weight is 396 g/mol. The van der Waals surface area contributed by atoms with Gasteiger partial charge in [0, 0.05) is 16.9 Å². The molecule has 6 nitrogen and oxygen atoms in total. The van der Waals surface area contributed by atoms with Crippen LogP contribution in [0.25, 0.3) is 0 Å². The van der Waals surface area contributed by atoms with Crippen molar-refractivity contribution in [1.29, 1.82) is 0 Å². The predicted molar refractivity (Wildman–Crippen MR) is 109 cm³/mol. The number of pyridine rings is 1. The number of aromatic nitrogens is 1. The minimum atomic E-state index is -0.527. The number of methoxy groups -OCH3 is 1. The number of esters is 1. The van der Waals surface area contributed by atoms with E-state index in [1.165, 1.54) is 13.3 Å². The van der Waals surface area contributed by atoms with Gasteiger partial charge in [-0.15, -0.1) is 0 Å². The first-order chi connectivity index (χ1) is 13.5. The molecule has 0 unspecified atom stereocenters. The summed E-state index contributed by atoms with van der Waals surface area (Å²) in [6, 6.07) is 13.8. The molecule has 1 amide bonds. The van der Waals surface area contributed by atoms with E-state index in [0.29, 0.717) is 22.0 Å². The molecule has 0 spiro atoms. The highest BCUT2D eigenvalue weighted by Gasteiger charge is 2.15. The molecule has 0 aliphatic carbocycles. The number of ether oxygens (including phenoxy) is 1. The molecule has 2 N–H and O–H groups in total. The predicted octanol–water partition coefficient (Wildman–Crippen LogP) is 4.83. The number of anilines is 3. The highest BCUT2D eigenvalue weighted by Crippen LogP contribution is 2.26. The SMILES string of the molecule is COC(=O)c1ccccc1NC(=O)c1cncc(Nc2cccc(Cl)c2C)c1. The molecule has 3 rings (SSSR count). The van der Waals surface area contributed by atoms with Crippen molar-refractivity contribution in [3.05, 3.63) is 82.6 Å². The maximum absolute atomic E-state index is 12.7. The number of halogens is 1. The van der Waals surface area contributed by atoms with Gasteiger partial charge in [-0.25, -0.2) is 4.79 Å². The van der Waals surface area contributed by atoms with Crippen LogP contribution in [-0.2, 0) is 4.74 Å². The minimum Gasteiger partial charge on any atom is -0.465 e. The van der Waals surface area contributed by atoms with E-state index in [-0.39, 0.29) is 5.56 Å². The van der Waals surface area contributed by atoms with Crippen LogP contribution in [0.4, 0.5) is 17.1 Å². The van der Waals surface area contributed by atoms with Gasteiger partial charge in [-0.1, -0.05) is 29.8 Å². The first kappa shape index (κ1) is 19.4. The number of rotatable bonds is 5. The lowest BCUT2D eigenvalue weighted by atomic mass is 10.1. The quantitative estimate of drug-likeness (QED) is 0.605. The van der Waals surface area contributed by atoms with Gasteiger partial charge < -0.3 is 15.4 Å². The van der Waals surface area contributed by atoms with Gasteiger partial charge >= 0.3 is 5.97 Å². The average Bonchev–Trinajstić information content (AvgIpc) is 2.71. The molecule has 0 aliphatic rings. The van der Waals surface area contributed by atoms with Crippen molar-refractivity contribution in [3.8, 4) is 0 Å². The molecule has 0 aliphatic heterocycles. The molecule has 28 heavy (non-hydrogen) atoms. The normalized spacial score (nSPS) is 10.2. The van der Waals surface area contributed by atoms with Crippen molar-refractivity contribution < 1.29 is 14.3 Å². The lowest BCUT2D eigenvalue weighted by Crippen LogP contribution is -2.15. The van der Waals surface area contributed by atoms with Gasteiger partial charge in [-0.05, 0) is 42.8 Å². The van der Waals surface area contributed by atoms with Crippen LogP contribution >= 0.6 is 11.6 Å². The van der Waals surface area contributed by atoms with Gasteiger partial charge in [0.05, 0.1) is 35.8 Å². The summed E-state index contributed by atoms with van der Waals surface area (Å²) in [6.07, 6.45) is 3.06. The van der Waals surface area contributed by atoms with Crippen molar-refractivity contribution in [2.24, 2.45) is 0 Å². The van der Waals surface area contributed by atoms with E-state index in [2.05, 4.69) is 15.6 Å². The van der Waals surface area contributed by atoms with Gasteiger partial charge in [0.15, 0.2) is 0 Å². The van der Waals surface area contributed by atoms with Gasteiger partial charge in [-0.3, -0.25) is 9.78 Å². The third kappa shape index (κ3) is 4.29. The number of amides is 1. The summed E-state index contributed by atoms with van der Waals surface area (Å²) in [4.78, 5) is 28.6. The van der Waals surface area contributed by atoms with E-state index in [4.69, 9.17) is 16.3 Å². The summed E-state index contributed by atoms with van der Waals surface area (Å²) >= 11 is 6.15. The van der Waals surface area contributed by atoms with Gasteiger partial charge in [0.2, 0.25) is 0 Å². The molecule has 1 heterocycles. The first-order valence-corrected chi connectivity index (χ1v) is 8.83. The van der Waals surface area contributed by atoms with Crippen LogP contribution in [0.2, 0.25) is 5.02 Å². The lowest BCUT2D eigenvalue weighted by molar-refractivity contribution is 0.0602. The van der Waals surface area contributed by atoms with E-state index >= 15 is 0 Å². The number of para-hydroxylation sites is 1. The second-order valence-corrected chi connectivity index (χ2v) is 6.40. The summed E-state index contributed by atoms with van der Waals surface area (Å²) in [6.45, 7) is 1.90. The standard InChI is InChI=1S/C21H18ClN3O3/c1-13-17(22)7-5-9-18(13)24-15-10-14(11-23-12-15)20(26)25-19-8-4-3-6-16(19)21(27)28-2/h3-12,24H,1-2H3,(H,25,26). The zero-order valence-corrected chi connectivity index (χ0v) is 16.1. The third-order valence-electron chi connectivity index (χ3n) is 4.13. The molecule has 1 aromatic heterocycles. The van der Waals surface area contributed by atoms with Crippen molar-refractivity contribution >= 4 is 40.5 Å². The van der Waals surface area contributed by atoms with Gasteiger partial charge in [-0.2, -0.15) is 0 Å². The Morgan fingerprint density at radius 1 is 1.04 bits per heavy atom. The molecule has 3 aromatic rings. The molecule has 2 aromatic carbocycles. The van der Waals surface area contributed by atoms with Gasteiger partial charge in [0.25, 0.3) is 5.91 Å².